The quantitative estimate of drug-likeness (QED) is 0.242. The van der Waals surface area contributed by atoms with E-state index in [1.54, 1.807) is 19.7 Å². The van der Waals surface area contributed by atoms with Gasteiger partial charge in [-0.15, -0.1) is 0 Å². The van der Waals surface area contributed by atoms with Gasteiger partial charge in [-0.1, -0.05) is 24.3 Å². The van der Waals surface area contributed by atoms with E-state index in [2.05, 4.69) is 4.90 Å². The molecule has 13 heteroatoms. The highest BCUT2D eigenvalue weighted by atomic mass is 16.7. The number of ether oxygens (including phenoxy) is 7. The Morgan fingerprint density at radius 2 is 1.10 bits per heavy atom. The average molecular weight is 672 g/mol. The van der Waals surface area contributed by atoms with Gasteiger partial charge in [0, 0.05) is 25.9 Å². The number of methoxy groups -OCH3 is 3. The molecule has 4 heterocycles. The van der Waals surface area contributed by atoms with Crippen molar-refractivity contribution in [2.75, 3.05) is 60.8 Å². The number of esters is 1. The number of likely N-dealkylation sites (tertiary alicyclic amines) is 2. The third-order valence-electron chi connectivity index (χ3n) is 9.29. The summed E-state index contributed by atoms with van der Waals surface area (Å²) >= 11 is 0. The SMILES string of the molecule is COC(=O)[C@H]1CC2(CN1Cc1ccc(OC)cc1)OCCCCO2.COc1ccc(CN2CC3(C[C@@H]2C(=O)NO)OCCCCO3)cc1. The third-order valence-corrected chi connectivity index (χ3v) is 9.29. The molecule has 48 heavy (non-hydrogen) atoms. The van der Waals surface area contributed by atoms with Crippen molar-refractivity contribution >= 4 is 11.9 Å². The number of hydrogen-bond donors (Lipinski definition) is 2. The van der Waals surface area contributed by atoms with Gasteiger partial charge in [-0.25, -0.2) is 5.48 Å². The van der Waals surface area contributed by atoms with Crippen molar-refractivity contribution in [2.45, 2.75) is 75.3 Å². The van der Waals surface area contributed by atoms with E-state index in [0.717, 1.165) is 48.3 Å². The molecule has 4 fully saturated rings. The Balaban J connectivity index is 0.000000188. The second kappa shape index (κ2) is 16.9. The third kappa shape index (κ3) is 9.03. The standard InChI is InChI=1S/C18H25NO5.C17H24N2O5/c1-21-15-7-5-14(6-8-15)12-19-13-18(11-16(19)17(20)22-2)23-9-3-4-10-24-18;1-22-14-6-4-13(5-7-14)11-19-12-17(10-15(19)16(20)18-21)23-8-2-3-9-24-17/h5-8,16H,3-4,9-13H2,1-2H3;4-7,15,21H,2-3,8-12H2,1H3,(H,18,20)/t16-;15-/m11/s1. The van der Waals surface area contributed by atoms with Crippen LogP contribution in [0, 0.1) is 0 Å². The Morgan fingerprint density at radius 3 is 1.48 bits per heavy atom. The first kappa shape index (κ1) is 36.0. The van der Waals surface area contributed by atoms with Gasteiger partial charge in [-0.3, -0.25) is 24.6 Å². The number of carbonyl (C=O) groups is 2. The van der Waals surface area contributed by atoms with Crippen LogP contribution in [0.3, 0.4) is 0 Å². The molecule has 2 atom stereocenters. The van der Waals surface area contributed by atoms with Crippen LogP contribution in [0.25, 0.3) is 0 Å². The zero-order valence-electron chi connectivity index (χ0n) is 28.2. The van der Waals surface area contributed by atoms with Crippen molar-refractivity contribution in [3.8, 4) is 11.5 Å². The fourth-order valence-electron chi connectivity index (χ4n) is 6.72. The minimum atomic E-state index is -0.764. The summed E-state index contributed by atoms with van der Waals surface area (Å²) in [7, 11) is 4.70. The Hall–Kier alpha value is -3.30. The number of hydrogen-bond acceptors (Lipinski definition) is 12. The van der Waals surface area contributed by atoms with E-state index in [1.165, 1.54) is 7.11 Å². The van der Waals surface area contributed by atoms with Gasteiger partial charge >= 0.3 is 5.97 Å². The van der Waals surface area contributed by atoms with E-state index < -0.39 is 23.5 Å². The van der Waals surface area contributed by atoms with Crippen LogP contribution in [0.15, 0.2) is 48.5 Å². The first-order valence-electron chi connectivity index (χ1n) is 16.6. The number of amides is 1. The predicted octanol–water partition coefficient (Wildman–Crippen LogP) is 3.26. The molecule has 0 aromatic heterocycles. The maximum absolute atomic E-state index is 12.2. The predicted molar refractivity (Wildman–Crippen MR) is 173 cm³/mol. The van der Waals surface area contributed by atoms with Crippen LogP contribution in [0.5, 0.6) is 11.5 Å². The molecule has 0 bridgehead atoms. The van der Waals surface area contributed by atoms with E-state index >= 15 is 0 Å². The summed E-state index contributed by atoms with van der Waals surface area (Å²) in [6.45, 7) is 4.87. The van der Waals surface area contributed by atoms with Gasteiger partial charge in [-0.2, -0.15) is 0 Å². The van der Waals surface area contributed by atoms with Gasteiger partial charge in [0.2, 0.25) is 0 Å². The molecule has 0 unspecified atom stereocenters. The minimum absolute atomic E-state index is 0.239. The molecular formula is C35H49N3O10. The van der Waals surface area contributed by atoms with Gasteiger partial charge in [0.25, 0.3) is 5.91 Å². The van der Waals surface area contributed by atoms with Crippen LogP contribution >= 0.6 is 0 Å². The van der Waals surface area contributed by atoms with Crippen molar-refractivity contribution in [1.82, 2.24) is 15.3 Å². The lowest BCUT2D eigenvalue weighted by molar-refractivity contribution is -0.216. The molecule has 1 amide bonds. The first-order valence-corrected chi connectivity index (χ1v) is 16.6. The van der Waals surface area contributed by atoms with Crippen molar-refractivity contribution in [3.63, 3.8) is 0 Å². The van der Waals surface area contributed by atoms with E-state index in [-0.39, 0.29) is 12.0 Å². The summed E-state index contributed by atoms with van der Waals surface area (Å²) in [5.41, 5.74) is 3.93. The second-order valence-corrected chi connectivity index (χ2v) is 12.6. The monoisotopic (exact) mass is 671 g/mol. The lowest BCUT2D eigenvalue weighted by Gasteiger charge is -2.27. The highest BCUT2D eigenvalue weighted by molar-refractivity contribution is 5.81. The summed E-state index contributed by atoms with van der Waals surface area (Å²) in [5, 5.41) is 9.07. The number of hydroxylamine groups is 1. The van der Waals surface area contributed by atoms with Gasteiger partial charge in [0.05, 0.1) is 66.9 Å². The largest absolute Gasteiger partial charge is 0.497 e. The molecule has 4 saturated heterocycles. The number of nitrogens with zero attached hydrogens (tertiary/aromatic N) is 2. The summed E-state index contributed by atoms with van der Waals surface area (Å²) in [6.07, 6.45) is 4.81. The summed E-state index contributed by atoms with van der Waals surface area (Å²) in [6, 6.07) is 14.7. The maximum atomic E-state index is 12.2. The van der Waals surface area contributed by atoms with E-state index in [1.807, 2.05) is 53.4 Å². The smallest absolute Gasteiger partial charge is 0.323 e. The van der Waals surface area contributed by atoms with Crippen LogP contribution < -0.4 is 15.0 Å². The van der Waals surface area contributed by atoms with Crippen molar-refractivity contribution in [3.05, 3.63) is 59.7 Å². The van der Waals surface area contributed by atoms with Crippen molar-refractivity contribution < 1.29 is 48.0 Å². The molecule has 2 aromatic rings. The molecule has 0 aliphatic carbocycles. The molecule has 0 saturated carbocycles. The zero-order valence-corrected chi connectivity index (χ0v) is 28.2. The van der Waals surface area contributed by atoms with E-state index in [0.29, 0.717) is 65.4 Å². The molecule has 4 aliphatic heterocycles. The first-order chi connectivity index (χ1) is 23.3. The molecule has 4 aliphatic rings. The molecule has 2 aromatic carbocycles. The van der Waals surface area contributed by atoms with Crippen LogP contribution in [0.2, 0.25) is 0 Å². The summed E-state index contributed by atoms with van der Waals surface area (Å²) in [5.74, 6) is -0.524. The summed E-state index contributed by atoms with van der Waals surface area (Å²) in [4.78, 5) is 28.4. The van der Waals surface area contributed by atoms with Gasteiger partial charge in [0.1, 0.15) is 17.5 Å². The van der Waals surface area contributed by atoms with Gasteiger partial charge < -0.3 is 33.2 Å². The lowest BCUT2D eigenvalue weighted by Crippen LogP contribution is -2.41. The number of benzene rings is 2. The van der Waals surface area contributed by atoms with Crippen LogP contribution in [-0.4, -0.2) is 111 Å². The maximum Gasteiger partial charge on any atom is 0.323 e. The topological polar surface area (TPSA) is 137 Å². The average Bonchev–Trinajstić information content (AvgIpc) is 3.42. The highest BCUT2D eigenvalue weighted by Crippen LogP contribution is 2.36. The van der Waals surface area contributed by atoms with Crippen molar-refractivity contribution in [1.29, 1.82) is 0 Å². The molecule has 6 rings (SSSR count). The number of carbonyl (C=O) groups excluding carboxylic acids is 2. The van der Waals surface area contributed by atoms with E-state index in [4.69, 9.17) is 38.4 Å². The summed E-state index contributed by atoms with van der Waals surface area (Å²) < 4.78 is 39.2. The van der Waals surface area contributed by atoms with E-state index in [9.17, 15) is 9.59 Å². The number of nitrogens with one attached hydrogen (secondary N) is 1. The number of rotatable bonds is 8. The Morgan fingerprint density at radius 1 is 0.708 bits per heavy atom. The normalized spacial score (nSPS) is 23.8. The van der Waals surface area contributed by atoms with Gasteiger partial charge in [0.15, 0.2) is 11.6 Å². The molecular weight excluding hydrogens is 622 g/mol. The molecule has 2 N–H and O–H groups in total. The fourth-order valence-corrected chi connectivity index (χ4v) is 6.72. The van der Waals surface area contributed by atoms with Crippen LogP contribution in [0.1, 0.15) is 49.7 Å². The van der Waals surface area contributed by atoms with Crippen LogP contribution in [-0.2, 0) is 46.4 Å². The van der Waals surface area contributed by atoms with Gasteiger partial charge in [-0.05, 0) is 61.1 Å². The van der Waals surface area contributed by atoms with Crippen molar-refractivity contribution in [2.24, 2.45) is 0 Å². The molecule has 13 nitrogen and oxygen atoms in total. The second-order valence-electron chi connectivity index (χ2n) is 12.6. The molecule has 2 spiro atoms. The Bertz CT molecular complexity index is 1210. The Labute approximate surface area is 282 Å². The molecule has 0 radical (unpaired) electrons. The van der Waals surface area contributed by atoms with Crippen LogP contribution in [0.4, 0.5) is 0 Å². The zero-order chi connectivity index (χ0) is 34.0. The minimum Gasteiger partial charge on any atom is -0.497 e. The fraction of sp³-hybridized carbons (Fsp3) is 0.600. The lowest BCUT2D eigenvalue weighted by atomic mass is 10.1. The molecule has 264 valence electrons. The highest BCUT2D eigenvalue weighted by Gasteiger charge is 2.50. The Kier molecular flexibility index (Phi) is 12.7.